The SMILES string of the molecule is CC(C)(C)OC(=O)N1CC[C@@]2(c3ccc(Cl)c(Cl)c3)C[C@@]2(C(=O)O)C1. The summed E-state index contributed by atoms with van der Waals surface area (Å²) in [7, 11) is 0. The van der Waals surface area contributed by atoms with E-state index >= 15 is 0 Å². The van der Waals surface area contributed by atoms with E-state index in [1.807, 2.05) is 6.07 Å². The molecule has 2 fully saturated rings. The van der Waals surface area contributed by atoms with Crippen LogP contribution >= 0.6 is 23.2 Å². The summed E-state index contributed by atoms with van der Waals surface area (Å²) in [6.07, 6.45) is 0.561. The van der Waals surface area contributed by atoms with Gasteiger partial charge < -0.3 is 14.7 Å². The Morgan fingerprint density at radius 2 is 1.92 bits per heavy atom. The van der Waals surface area contributed by atoms with Gasteiger partial charge >= 0.3 is 12.1 Å². The predicted octanol–water partition coefficient (Wildman–Crippen LogP) is 4.35. The van der Waals surface area contributed by atoms with Gasteiger partial charge in [0, 0.05) is 18.5 Å². The average Bonchev–Trinajstić information content (AvgIpc) is 3.19. The first-order valence-corrected chi connectivity index (χ1v) is 8.93. The van der Waals surface area contributed by atoms with Gasteiger partial charge in [-0.15, -0.1) is 0 Å². The summed E-state index contributed by atoms with van der Waals surface area (Å²) in [6.45, 7) is 5.96. The first-order valence-electron chi connectivity index (χ1n) is 8.18. The number of rotatable bonds is 2. The van der Waals surface area contributed by atoms with E-state index in [2.05, 4.69) is 0 Å². The van der Waals surface area contributed by atoms with Gasteiger partial charge in [-0.3, -0.25) is 4.79 Å². The van der Waals surface area contributed by atoms with E-state index in [1.54, 1.807) is 32.9 Å². The van der Waals surface area contributed by atoms with Crippen LogP contribution in [0.2, 0.25) is 10.0 Å². The Bertz CT molecular complexity index is 745. The summed E-state index contributed by atoms with van der Waals surface area (Å²) >= 11 is 12.1. The van der Waals surface area contributed by atoms with Crippen LogP contribution < -0.4 is 0 Å². The van der Waals surface area contributed by atoms with Gasteiger partial charge in [-0.2, -0.15) is 0 Å². The van der Waals surface area contributed by atoms with Crippen LogP contribution in [0, 0.1) is 5.41 Å². The quantitative estimate of drug-likeness (QED) is 0.821. The Hall–Kier alpha value is -1.46. The molecule has 1 saturated heterocycles. The molecule has 7 heteroatoms. The first-order chi connectivity index (χ1) is 11.5. The molecule has 0 bridgehead atoms. The van der Waals surface area contributed by atoms with E-state index in [9.17, 15) is 14.7 Å². The maximum absolute atomic E-state index is 12.4. The van der Waals surface area contributed by atoms with Crippen molar-refractivity contribution in [2.24, 2.45) is 5.41 Å². The third-order valence-electron chi connectivity index (χ3n) is 5.20. The molecule has 0 radical (unpaired) electrons. The molecular formula is C18H21Cl2NO4. The summed E-state index contributed by atoms with van der Waals surface area (Å²) in [5, 5.41) is 10.7. The van der Waals surface area contributed by atoms with E-state index < -0.39 is 28.5 Å². The van der Waals surface area contributed by atoms with Crippen molar-refractivity contribution in [1.82, 2.24) is 4.90 Å². The number of likely N-dealkylation sites (tertiary alicyclic amines) is 1. The highest BCUT2D eigenvalue weighted by Gasteiger charge is 2.75. The van der Waals surface area contributed by atoms with E-state index in [4.69, 9.17) is 27.9 Å². The molecule has 0 aromatic heterocycles. The molecule has 5 nitrogen and oxygen atoms in total. The number of aliphatic carboxylic acids is 1. The fraction of sp³-hybridized carbons (Fsp3) is 0.556. The monoisotopic (exact) mass is 385 g/mol. The van der Waals surface area contributed by atoms with Gasteiger partial charge in [-0.05, 0) is 51.3 Å². The number of benzene rings is 1. The minimum Gasteiger partial charge on any atom is -0.481 e. The van der Waals surface area contributed by atoms with Crippen molar-refractivity contribution in [1.29, 1.82) is 0 Å². The molecule has 1 saturated carbocycles. The normalized spacial score (nSPS) is 28.3. The lowest BCUT2D eigenvalue weighted by Gasteiger charge is -2.37. The summed E-state index contributed by atoms with van der Waals surface area (Å²) < 4.78 is 5.40. The number of fused-ring (bicyclic) bond motifs is 1. The zero-order valence-electron chi connectivity index (χ0n) is 14.4. The lowest BCUT2D eigenvalue weighted by molar-refractivity contribution is -0.146. The van der Waals surface area contributed by atoms with Crippen LogP contribution in [0.4, 0.5) is 4.79 Å². The van der Waals surface area contributed by atoms with Crippen LogP contribution in [0.1, 0.15) is 39.2 Å². The van der Waals surface area contributed by atoms with Crippen LogP contribution in [-0.4, -0.2) is 40.8 Å². The smallest absolute Gasteiger partial charge is 0.410 e. The molecule has 0 spiro atoms. The van der Waals surface area contributed by atoms with Crippen LogP contribution in [0.15, 0.2) is 18.2 Å². The van der Waals surface area contributed by atoms with Gasteiger partial charge in [0.05, 0.1) is 15.5 Å². The van der Waals surface area contributed by atoms with Gasteiger partial charge in [-0.25, -0.2) is 4.79 Å². The maximum atomic E-state index is 12.4. The molecule has 136 valence electrons. The van der Waals surface area contributed by atoms with Gasteiger partial charge in [-0.1, -0.05) is 29.3 Å². The minimum absolute atomic E-state index is 0.136. The molecule has 2 atom stereocenters. The summed E-state index contributed by atoms with van der Waals surface area (Å²) in [6, 6.07) is 5.28. The molecule has 2 aliphatic rings. The second kappa shape index (κ2) is 5.78. The number of nitrogens with zero attached hydrogens (tertiary/aromatic N) is 1. The minimum atomic E-state index is -1.00. The number of ether oxygens (including phenoxy) is 1. The summed E-state index contributed by atoms with van der Waals surface area (Å²) in [4.78, 5) is 25.9. The van der Waals surface area contributed by atoms with Crippen molar-refractivity contribution in [3.63, 3.8) is 0 Å². The van der Waals surface area contributed by atoms with Crippen LogP contribution in [0.25, 0.3) is 0 Å². The summed E-state index contributed by atoms with van der Waals surface area (Å²) in [5.74, 6) is -0.896. The Morgan fingerprint density at radius 3 is 2.48 bits per heavy atom. The fourth-order valence-electron chi connectivity index (χ4n) is 3.88. The van der Waals surface area contributed by atoms with E-state index in [-0.39, 0.29) is 6.54 Å². The number of amides is 1. The van der Waals surface area contributed by atoms with Crippen LogP contribution in [0.5, 0.6) is 0 Å². The number of piperidine rings is 1. The van der Waals surface area contributed by atoms with Crippen molar-refractivity contribution in [2.45, 2.75) is 44.6 Å². The lowest BCUT2D eigenvalue weighted by atomic mass is 9.80. The highest BCUT2D eigenvalue weighted by atomic mass is 35.5. The van der Waals surface area contributed by atoms with E-state index in [0.29, 0.717) is 29.4 Å². The van der Waals surface area contributed by atoms with Crippen molar-refractivity contribution >= 4 is 35.3 Å². The van der Waals surface area contributed by atoms with Gasteiger partial charge in [0.2, 0.25) is 0 Å². The third kappa shape index (κ3) is 2.97. The molecule has 1 heterocycles. The van der Waals surface area contributed by atoms with Crippen molar-refractivity contribution in [3.05, 3.63) is 33.8 Å². The molecule has 0 unspecified atom stereocenters. The van der Waals surface area contributed by atoms with Crippen LogP contribution in [-0.2, 0) is 14.9 Å². The standard InChI is InChI=1S/C18H21Cl2NO4/c1-16(2,3)25-15(24)21-7-6-17(9-18(17,10-21)14(22)23)11-4-5-12(19)13(20)8-11/h4-5,8H,6-7,9-10H2,1-3H3,(H,22,23)/t17-,18-/m0/s1. The molecule has 1 aliphatic heterocycles. The van der Waals surface area contributed by atoms with E-state index in [0.717, 1.165) is 5.56 Å². The number of carboxylic acid groups (broad SMARTS) is 1. The molecule has 1 aliphatic carbocycles. The average molecular weight is 386 g/mol. The Kier molecular flexibility index (Phi) is 4.24. The largest absolute Gasteiger partial charge is 0.481 e. The number of carbonyl (C=O) groups is 2. The van der Waals surface area contributed by atoms with Gasteiger partial charge in [0.1, 0.15) is 5.60 Å². The van der Waals surface area contributed by atoms with Crippen LogP contribution in [0.3, 0.4) is 0 Å². The fourth-order valence-corrected chi connectivity index (χ4v) is 4.18. The van der Waals surface area contributed by atoms with Crippen molar-refractivity contribution in [3.8, 4) is 0 Å². The number of hydrogen-bond acceptors (Lipinski definition) is 3. The zero-order valence-corrected chi connectivity index (χ0v) is 15.9. The predicted molar refractivity (Wildman–Crippen MR) is 95.2 cm³/mol. The van der Waals surface area contributed by atoms with Crippen molar-refractivity contribution in [2.75, 3.05) is 13.1 Å². The van der Waals surface area contributed by atoms with E-state index in [1.165, 1.54) is 4.90 Å². The lowest BCUT2D eigenvalue weighted by Crippen LogP contribution is -2.49. The second-order valence-electron chi connectivity index (χ2n) is 7.93. The topological polar surface area (TPSA) is 66.8 Å². The Balaban J connectivity index is 1.88. The molecule has 1 aromatic carbocycles. The molecule has 3 rings (SSSR count). The second-order valence-corrected chi connectivity index (χ2v) is 8.74. The van der Waals surface area contributed by atoms with Gasteiger partial charge in [0.25, 0.3) is 0 Å². The third-order valence-corrected chi connectivity index (χ3v) is 5.94. The number of halogens is 2. The number of hydrogen-bond donors (Lipinski definition) is 1. The highest BCUT2D eigenvalue weighted by molar-refractivity contribution is 6.42. The number of carboxylic acids is 1. The zero-order chi connectivity index (χ0) is 18.6. The Morgan fingerprint density at radius 1 is 1.24 bits per heavy atom. The highest BCUT2D eigenvalue weighted by Crippen LogP contribution is 2.69. The first kappa shape index (κ1) is 18.3. The molecule has 1 N–H and O–H groups in total. The molecule has 25 heavy (non-hydrogen) atoms. The maximum Gasteiger partial charge on any atom is 0.410 e. The molecular weight excluding hydrogens is 365 g/mol. The van der Waals surface area contributed by atoms with Gasteiger partial charge in [0.15, 0.2) is 0 Å². The number of carbonyl (C=O) groups excluding carboxylic acids is 1. The molecule has 1 amide bonds. The summed E-state index contributed by atoms with van der Waals surface area (Å²) in [5.41, 5.74) is -1.26. The Labute approximate surface area is 156 Å². The molecule has 1 aromatic rings. The van der Waals surface area contributed by atoms with Crippen molar-refractivity contribution < 1.29 is 19.4 Å².